The van der Waals surface area contributed by atoms with Crippen LogP contribution in [-0.2, 0) is 13.1 Å². The van der Waals surface area contributed by atoms with Crippen LogP contribution in [0.2, 0.25) is 0 Å². The summed E-state index contributed by atoms with van der Waals surface area (Å²) >= 11 is 0. The van der Waals surface area contributed by atoms with Crippen LogP contribution >= 0.6 is 0 Å². The lowest BCUT2D eigenvalue weighted by molar-refractivity contribution is 0.411. The fourth-order valence-electron chi connectivity index (χ4n) is 5.46. The molecule has 4 aromatic carbocycles. The lowest BCUT2D eigenvalue weighted by atomic mass is 10.0. The minimum Gasteiger partial charge on any atom is -0.497 e. The number of rotatable bonds is 8. The second-order valence-corrected chi connectivity index (χ2v) is 10.3. The molecule has 42 heavy (non-hydrogen) atoms. The number of halogens is 1. The highest BCUT2D eigenvalue weighted by Gasteiger charge is 2.15. The molecule has 0 bridgehead atoms. The number of pyridine rings is 1. The van der Waals surface area contributed by atoms with Gasteiger partial charge in [0.15, 0.2) is 0 Å². The van der Waals surface area contributed by atoms with Crippen molar-refractivity contribution in [1.29, 1.82) is 0 Å². The van der Waals surface area contributed by atoms with E-state index in [2.05, 4.69) is 80.1 Å². The first-order valence-corrected chi connectivity index (χ1v) is 13.8. The fourth-order valence-corrected chi connectivity index (χ4v) is 5.46. The van der Waals surface area contributed by atoms with E-state index in [1.165, 1.54) is 17.7 Å². The molecule has 0 radical (unpaired) electrons. The minimum absolute atomic E-state index is 0.339. The van der Waals surface area contributed by atoms with Crippen LogP contribution in [0.3, 0.4) is 0 Å². The Morgan fingerprint density at radius 1 is 0.738 bits per heavy atom. The maximum atomic E-state index is 14.3. The van der Waals surface area contributed by atoms with Gasteiger partial charge in [-0.2, -0.15) is 5.10 Å². The van der Waals surface area contributed by atoms with Crippen molar-refractivity contribution >= 4 is 21.8 Å². The minimum atomic E-state index is -0.339. The Kier molecular flexibility index (Phi) is 6.70. The molecule has 206 valence electrons. The summed E-state index contributed by atoms with van der Waals surface area (Å²) in [6.45, 7) is 1.53. The van der Waals surface area contributed by atoms with Gasteiger partial charge < -0.3 is 15.0 Å². The van der Waals surface area contributed by atoms with Gasteiger partial charge in [-0.25, -0.2) is 4.39 Å². The Morgan fingerprint density at radius 3 is 2.50 bits per heavy atom. The Morgan fingerprint density at radius 2 is 1.62 bits per heavy atom. The molecular formula is C35H28FN5O. The van der Waals surface area contributed by atoms with Crippen LogP contribution in [-0.4, -0.2) is 27.3 Å². The van der Waals surface area contributed by atoms with Crippen LogP contribution in [0.15, 0.2) is 109 Å². The van der Waals surface area contributed by atoms with Crippen molar-refractivity contribution in [2.24, 2.45) is 0 Å². The predicted octanol–water partition coefficient (Wildman–Crippen LogP) is 7.88. The second-order valence-electron chi connectivity index (χ2n) is 10.3. The monoisotopic (exact) mass is 553 g/mol. The zero-order valence-electron chi connectivity index (χ0n) is 23.0. The number of fused-ring (bicyclic) bond motifs is 2. The number of nitrogens with zero attached hydrogens (tertiary/aromatic N) is 2. The van der Waals surface area contributed by atoms with E-state index in [9.17, 15) is 4.39 Å². The fraction of sp³-hybridized carbons (Fsp3) is 0.0857. The van der Waals surface area contributed by atoms with Gasteiger partial charge in [0.2, 0.25) is 0 Å². The molecular weight excluding hydrogens is 525 g/mol. The Balaban J connectivity index is 1.21. The van der Waals surface area contributed by atoms with Crippen molar-refractivity contribution in [3.8, 4) is 39.4 Å². The average molecular weight is 554 g/mol. The van der Waals surface area contributed by atoms with Gasteiger partial charge in [-0.1, -0.05) is 48.5 Å². The number of H-pyrrole nitrogens is 2. The Hall–Kier alpha value is -5.27. The maximum Gasteiger partial charge on any atom is 0.127 e. The topological polar surface area (TPSA) is 78.6 Å². The van der Waals surface area contributed by atoms with E-state index >= 15 is 0 Å². The van der Waals surface area contributed by atoms with Crippen LogP contribution in [0.25, 0.3) is 55.4 Å². The van der Waals surface area contributed by atoms with Crippen molar-refractivity contribution in [2.75, 3.05) is 7.11 Å². The van der Waals surface area contributed by atoms with Gasteiger partial charge in [0.05, 0.1) is 18.3 Å². The molecule has 3 N–H and O–H groups in total. The molecule has 6 nitrogen and oxygen atoms in total. The number of nitrogens with one attached hydrogen (secondary N) is 3. The van der Waals surface area contributed by atoms with E-state index in [1.807, 2.05) is 42.7 Å². The first kappa shape index (κ1) is 25.7. The van der Waals surface area contributed by atoms with Gasteiger partial charge >= 0.3 is 0 Å². The van der Waals surface area contributed by atoms with Crippen molar-refractivity contribution in [1.82, 2.24) is 25.5 Å². The molecule has 3 aromatic heterocycles. The highest BCUT2D eigenvalue weighted by Crippen LogP contribution is 2.36. The predicted molar refractivity (Wildman–Crippen MR) is 166 cm³/mol. The maximum absolute atomic E-state index is 14.3. The molecule has 7 rings (SSSR count). The number of hydrogen-bond donors (Lipinski definition) is 3. The molecule has 7 aromatic rings. The smallest absolute Gasteiger partial charge is 0.127 e. The second kappa shape index (κ2) is 11.0. The first-order valence-electron chi connectivity index (χ1n) is 13.8. The number of ether oxygens (including phenoxy) is 1. The first-order chi connectivity index (χ1) is 20.6. The quantitative estimate of drug-likeness (QED) is 0.179. The van der Waals surface area contributed by atoms with E-state index in [-0.39, 0.29) is 5.82 Å². The lowest BCUT2D eigenvalue weighted by Crippen LogP contribution is -2.12. The SMILES string of the molecule is COc1cc(F)cc(-c2cccc3[nH]c(-c4n[nH]c5ccc(-c6cncc(CNCc7ccccc7)c6)cc45)cc23)c1. The molecule has 3 heterocycles. The van der Waals surface area contributed by atoms with Crippen LogP contribution in [0, 0.1) is 5.82 Å². The zero-order valence-corrected chi connectivity index (χ0v) is 23.0. The molecule has 0 unspecified atom stereocenters. The third-order valence-corrected chi connectivity index (χ3v) is 7.53. The summed E-state index contributed by atoms with van der Waals surface area (Å²) in [5, 5.41) is 13.3. The normalized spacial score (nSPS) is 11.4. The highest BCUT2D eigenvalue weighted by molar-refractivity contribution is 6.02. The Bertz CT molecular complexity index is 2030. The Labute approximate surface area is 242 Å². The molecule has 0 aliphatic heterocycles. The lowest BCUT2D eigenvalue weighted by Gasteiger charge is -2.08. The highest BCUT2D eigenvalue weighted by atomic mass is 19.1. The van der Waals surface area contributed by atoms with E-state index in [0.717, 1.165) is 74.1 Å². The van der Waals surface area contributed by atoms with Gasteiger partial charge in [-0.05, 0) is 70.3 Å². The third-order valence-electron chi connectivity index (χ3n) is 7.53. The number of methoxy groups -OCH3 is 1. The summed E-state index contributed by atoms with van der Waals surface area (Å²) in [6.07, 6.45) is 3.80. The summed E-state index contributed by atoms with van der Waals surface area (Å²) in [6, 6.07) is 31.6. The standard InChI is InChI=1S/C35H28FN5O/c1-42-28-14-25(13-27(36)16-28)29-8-5-9-32-30(29)17-34(39-32)35-31-15-24(10-11-33(31)40-41-35)26-12-23(20-38-21-26)19-37-18-22-6-3-2-4-7-22/h2-17,20-21,37,39H,18-19H2,1H3,(H,40,41). The number of aromatic amines is 2. The van der Waals surface area contributed by atoms with Crippen LogP contribution in [0.5, 0.6) is 5.75 Å². The summed E-state index contributed by atoms with van der Waals surface area (Å²) in [4.78, 5) is 8.04. The molecule has 0 fully saturated rings. The molecule has 0 atom stereocenters. The van der Waals surface area contributed by atoms with Gasteiger partial charge in [-0.3, -0.25) is 10.1 Å². The van der Waals surface area contributed by atoms with E-state index in [1.54, 1.807) is 7.11 Å². The summed E-state index contributed by atoms with van der Waals surface area (Å²) in [7, 11) is 1.54. The van der Waals surface area contributed by atoms with Gasteiger partial charge in [0, 0.05) is 53.4 Å². The summed E-state index contributed by atoms with van der Waals surface area (Å²) in [5.41, 5.74) is 9.72. The molecule has 0 amide bonds. The van der Waals surface area contributed by atoms with Crippen molar-refractivity contribution < 1.29 is 9.13 Å². The van der Waals surface area contributed by atoms with E-state index in [0.29, 0.717) is 5.75 Å². The van der Waals surface area contributed by atoms with Gasteiger partial charge in [-0.15, -0.1) is 0 Å². The molecule has 0 spiro atoms. The van der Waals surface area contributed by atoms with Crippen LogP contribution < -0.4 is 10.1 Å². The molecule has 0 aliphatic rings. The van der Waals surface area contributed by atoms with E-state index in [4.69, 9.17) is 4.74 Å². The molecule has 7 heteroatoms. The number of hydrogen-bond acceptors (Lipinski definition) is 4. The van der Waals surface area contributed by atoms with E-state index < -0.39 is 0 Å². The molecule has 0 saturated heterocycles. The van der Waals surface area contributed by atoms with Crippen LogP contribution in [0.4, 0.5) is 4.39 Å². The molecule has 0 saturated carbocycles. The summed E-state index contributed by atoms with van der Waals surface area (Å²) in [5.74, 6) is 0.141. The average Bonchev–Trinajstić information content (AvgIpc) is 3.65. The summed E-state index contributed by atoms with van der Waals surface area (Å²) < 4.78 is 19.6. The van der Waals surface area contributed by atoms with Gasteiger partial charge in [0.25, 0.3) is 0 Å². The van der Waals surface area contributed by atoms with Crippen molar-refractivity contribution in [3.05, 3.63) is 126 Å². The van der Waals surface area contributed by atoms with Crippen LogP contribution in [0.1, 0.15) is 11.1 Å². The van der Waals surface area contributed by atoms with Gasteiger partial charge in [0.1, 0.15) is 17.3 Å². The largest absolute Gasteiger partial charge is 0.497 e. The zero-order chi connectivity index (χ0) is 28.5. The molecule has 0 aliphatic carbocycles. The van der Waals surface area contributed by atoms with Crippen molar-refractivity contribution in [3.63, 3.8) is 0 Å². The third kappa shape index (κ3) is 5.02. The number of aromatic nitrogens is 4. The number of benzene rings is 4. The van der Waals surface area contributed by atoms with Crippen molar-refractivity contribution in [2.45, 2.75) is 13.1 Å².